The standard InChI is InChI=1S/C14H16ClN3O3/c1-14(2,3)21-13(19)17-9-7-16-12-8(11(9)15)5-6-10(18-12)20-4/h5-7H,1-4H3,(H,17,19). The van der Waals surface area contributed by atoms with Crippen LogP contribution in [-0.2, 0) is 4.74 Å². The molecule has 0 aliphatic heterocycles. The number of fused-ring (bicyclic) bond motifs is 1. The van der Waals surface area contributed by atoms with Gasteiger partial charge in [-0.15, -0.1) is 0 Å². The van der Waals surface area contributed by atoms with Crippen LogP contribution < -0.4 is 10.1 Å². The lowest BCUT2D eigenvalue weighted by Crippen LogP contribution is -2.27. The molecule has 21 heavy (non-hydrogen) atoms. The Morgan fingerprint density at radius 1 is 1.33 bits per heavy atom. The van der Waals surface area contributed by atoms with E-state index in [1.54, 1.807) is 32.9 Å². The predicted octanol–water partition coefficient (Wildman–Crippen LogP) is 3.64. The van der Waals surface area contributed by atoms with Gasteiger partial charge in [-0.1, -0.05) is 11.6 Å². The SMILES string of the molecule is COc1ccc2c(Cl)c(NC(=O)OC(C)(C)C)cnc2n1. The van der Waals surface area contributed by atoms with Crippen LogP contribution in [0.4, 0.5) is 10.5 Å². The van der Waals surface area contributed by atoms with Gasteiger partial charge in [0.1, 0.15) is 5.60 Å². The van der Waals surface area contributed by atoms with Gasteiger partial charge >= 0.3 is 6.09 Å². The van der Waals surface area contributed by atoms with E-state index >= 15 is 0 Å². The Hall–Kier alpha value is -2.08. The first-order valence-corrected chi connectivity index (χ1v) is 6.67. The van der Waals surface area contributed by atoms with Crippen molar-refractivity contribution in [3.63, 3.8) is 0 Å². The van der Waals surface area contributed by atoms with E-state index < -0.39 is 11.7 Å². The first kappa shape index (κ1) is 15.3. The molecular formula is C14H16ClN3O3. The van der Waals surface area contributed by atoms with Crippen molar-refractivity contribution in [1.82, 2.24) is 9.97 Å². The van der Waals surface area contributed by atoms with Gasteiger partial charge in [-0.05, 0) is 26.8 Å². The molecular weight excluding hydrogens is 294 g/mol. The molecule has 0 unspecified atom stereocenters. The quantitative estimate of drug-likeness (QED) is 0.916. The molecule has 7 heteroatoms. The summed E-state index contributed by atoms with van der Waals surface area (Å²) in [6, 6.07) is 3.41. The summed E-state index contributed by atoms with van der Waals surface area (Å²) in [5.41, 5.74) is 0.218. The molecule has 0 aliphatic carbocycles. The molecule has 6 nitrogen and oxygen atoms in total. The van der Waals surface area contributed by atoms with Crippen molar-refractivity contribution in [2.45, 2.75) is 26.4 Å². The molecule has 2 heterocycles. The van der Waals surface area contributed by atoms with Crippen LogP contribution in [0.2, 0.25) is 5.02 Å². The first-order chi connectivity index (χ1) is 9.80. The average Bonchev–Trinajstić information content (AvgIpc) is 2.39. The number of carbonyl (C=O) groups excluding carboxylic acids is 1. The van der Waals surface area contributed by atoms with Gasteiger partial charge in [-0.3, -0.25) is 5.32 Å². The molecule has 0 aliphatic rings. The number of carbonyl (C=O) groups is 1. The number of hydrogen-bond acceptors (Lipinski definition) is 5. The van der Waals surface area contributed by atoms with Gasteiger partial charge < -0.3 is 9.47 Å². The van der Waals surface area contributed by atoms with E-state index in [9.17, 15) is 4.79 Å². The zero-order valence-electron chi connectivity index (χ0n) is 12.2. The maximum atomic E-state index is 11.8. The number of halogens is 1. The molecule has 0 saturated heterocycles. The van der Waals surface area contributed by atoms with Crippen LogP contribution in [0, 0.1) is 0 Å². The molecule has 112 valence electrons. The second-order valence-electron chi connectivity index (χ2n) is 5.34. The molecule has 2 aromatic heterocycles. The van der Waals surface area contributed by atoms with Gasteiger partial charge in [0.25, 0.3) is 0 Å². The fourth-order valence-electron chi connectivity index (χ4n) is 1.64. The van der Waals surface area contributed by atoms with Crippen molar-refractivity contribution in [3.05, 3.63) is 23.4 Å². The molecule has 0 saturated carbocycles. The molecule has 0 spiro atoms. The summed E-state index contributed by atoms with van der Waals surface area (Å²) in [5, 5.41) is 3.54. The molecule has 1 N–H and O–H groups in total. The summed E-state index contributed by atoms with van der Waals surface area (Å²) in [6.45, 7) is 5.34. The Bertz CT molecular complexity index is 683. The highest BCUT2D eigenvalue weighted by Gasteiger charge is 2.18. The summed E-state index contributed by atoms with van der Waals surface area (Å²) in [5.74, 6) is 0.443. The van der Waals surface area contributed by atoms with Gasteiger partial charge in [-0.2, -0.15) is 4.98 Å². The van der Waals surface area contributed by atoms with E-state index in [0.717, 1.165) is 0 Å². The highest BCUT2D eigenvalue weighted by atomic mass is 35.5. The molecule has 0 aromatic carbocycles. The third-order valence-electron chi connectivity index (χ3n) is 2.48. The van der Waals surface area contributed by atoms with Crippen LogP contribution in [0.3, 0.4) is 0 Å². The molecule has 2 rings (SSSR count). The summed E-state index contributed by atoms with van der Waals surface area (Å²) in [4.78, 5) is 20.1. The Morgan fingerprint density at radius 3 is 2.67 bits per heavy atom. The van der Waals surface area contributed by atoms with E-state index in [2.05, 4.69) is 15.3 Å². The molecule has 0 radical (unpaired) electrons. The number of anilines is 1. The largest absolute Gasteiger partial charge is 0.481 e. The second-order valence-corrected chi connectivity index (χ2v) is 5.72. The Kier molecular flexibility index (Phi) is 4.18. The van der Waals surface area contributed by atoms with Gasteiger partial charge in [0.05, 0.1) is 24.0 Å². The van der Waals surface area contributed by atoms with Gasteiger partial charge in [0, 0.05) is 11.5 Å². The first-order valence-electron chi connectivity index (χ1n) is 6.29. The topological polar surface area (TPSA) is 73.3 Å². The summed E-state index contributed by atoms with van der Waals surface area (Å²) >= 11 is 6.26. The average molecular weight is 310 g/mol. The van der Waals surface area contributed by atoms with Crippen LogP contribution in [0.25, 0.3) is 11.0 Å². The molecule has 0 fully saturated rings. The second kappa shape index (κ2) is 5.73. The number of pyridine rings is 2. The number of nitrogens with zero attached hydrogens (tertiary/aromatic N) is 2. The van der Waals surface area contributed by atoms with E-state index in [4.69, 9.17) is 21.1 Å². The summed E-state index contributed by atoms with van der Waals surface area (Å²) in [7, 11) is 1.52. The van der Waals surface area contributed by atoms with Crippen molar-refractivity contribution in [3.8, 4) is 5.88 Å². The van der Waals surface area contributed by atoms with Gasteiger partial charge in [0.2, 0.25) is 5.88 Å². The molecule has 2 aromatic rings. The predicted molar refractivity (Wildman–Crippen MR) is 81.0 cm³/mol. The van der Waals surface area contributed by atoms with Crippen molar-refractivity contribution in [2.75, 3.05) is 12.4 Å². The minimum Gasteiger partial charge on any atom is -0.481 e. The van der Waals surface area contributed by atoms with Gasteiger partial charge in [-0.25, -0.2) is 9.78 Å². The number of rotatable bonds is 2. The summed E-state index contributed by atoms with van der Waals surface area (Å²) in [6.07, 6.45) is 0.841. The van der Waals surface area contributed by atoms with Crippen molar-refractivity contribution >= 4 is 34.4 Å². The third kappa shape index (κ3) is 3.72. The van der Waals surface area contributed by atoms with E-state index in [1.165, 1.54) is 13.3 Å². The van der Waals surface area contributed by atoms with Gasteiger partial charge in [0.15, 0.2) is 5.65 Å². The number of aromatic nitrogens is 2. The van der Waals surface area contributed by atoms with Crippen molar-refractivity contribution in [2.24, 2.45) is 0 Å². The highest BCUT2D eigenvalue weighted by Crippen LogP contribution is 2.30. The van der Waals surface area contributed by atoms with Crippen molar-refractivity contribution in [1.29, 1.82) is 0 Å². The van der Waals surface area contributed by atoms with E-state index in [1.807, 2.05) is 0 Å². The zero-order chi connectivity index (χ0) is 15.6. The molecule has 0 atom stereocenters. The minimum absolute atomic E-state index is 0.348. The Balaban J connectivity index is 2.30. The normalized spacial score (nSPS) is 11.3. The van der Waals surface area contributed by atoms with E-state index in [-0.39, 0.29) is 0 Å². The van der Waals surface area contributed by atoms with Crippen LogP contribution >= 0.6 is 11.6 Å². The molecule has 0 bridgehead atoms. The maximum Gasteiger partial charge on any atom is 0.412 e. The minimum atomic E-state index is -0.591. The lowest BCUT2D eigenvalue weighted by Gasteiger charge is -2.20. The van der Waals surface area contributed by atoms with Crippen LogP contribution in [0.5, 0.6) is 5.88 Å². The number of ether oxygens (including phenoxy) is 2. The maximum absolute atomic E-state index is 11.8. The molecule has 1 amide bonds. The monoisotopic (exact) mass is 309 g/mol. The lowest BCUT2D eigenvalue weighted by atomic mass is 10.2. The Labute approximate surface area is 127 Å². The van der Waals surface area contributed by atoms with Crippen LogP contribution in [0.1, 0.15) is 20.8 Å². The van der Waals surface area contributed by atoms with Crippen LogP contribution in [-0.4, -0.2) is 28.8 Å². The van der Waals surface area contributed by atoms with Crippen molar-refractivity contribution < 1.29 is 14.3 Å². The number of amides is 1. The summed E-state index contributed by atoms with van der Waals surface area (Å²) < 4.78 is 10.2. The lowest BCUT2D eigenvalue weighted by molar-refractivity contribution is 0.0636. The Morgan fingerprint density at radius 2 is 2.05 bits per heavy atom. The smallest absolute Gasteiger partial charge is 0.412 e. The zero-order valence-corrected chi connectivity index (χ0v) is 13.0. The number of nitrogens with one attached hydrogen (secondary N) is 1. The van der Waals surface area contributed by atoms with E-state index in [0.29, 0.717) is 27.6 Å². The van der Waals surface area contributed by atoms with Crippen LogP contribution in [0.15, 0.2) is 18.3 Å². The number of methoxy groups -OCH3 is 1. The third-order valence-corrected chi connectivity index (χ3v) is 2.89. The highest BCUT2D eigenvalue weighted by molar-refractivity contribution is 6.38. The fourth-order valence-corrected chi connectivity index (χ4v) is 1.89. The number of hydrogen-bond donors (Lipinski definition) is 1. The fraction of sp³-hybridized carbons (Fsp3) is 0.357.